The van der Waals surface area contributed by atoms with Gasteiger partial charge in [-0.15, -0.1) is 0 Å². The maximum Gasteiger partial charge on any atom is 0.325 e. The van der Waals surface area contributed by atoms with Crippen LogP contribution in [-0.2, 0) is 4.79 Å². The quantitative estimate of drug-likeness (QED) is 0.455. The summed E-state index contributed by atoms with van der Waals surface area (Å²) >= 11 is 0. The third-order valence-corrected chi connectivity index (χ3v) is 1.78. The molecule has 6 heteroatoms. The van der Waals surface area contributed by atoms with Crippen molar-refractivity contribution >= 4 is 17.6 Å². The van der Waals surface area contributed by atoms with Crippen molar-refractivity contribution in [2.75, 3.05) is 0 Å². The Morgan fingerprint density at radius 3 is 2.06 bits per heavy atom. The number of benzene rings is 1. The highest BCUT2D eigenvalue weighted by atomic mass is 16.4. The summed E-state index contributed by atoms with van der Waals surface area (Å²) in [6, 6.07) is 5.30. The third-order valence-electron chi connectivity index (χ3n) is 1.78. The molecule has 1 unspecified atom stereocenters. The van der Waals surface area contributed by atoms with E-state index < -0.39 is 12.0 Å². The molecule has 0 aliphatic heterocycles. The van der Waals surface area contributed by atoms with Gasteiger partial charge in [0, 0.05) is 0 Å². The number of rotatable bonds is 3. The van der Waals surface area contributed by atoms with Crippen LogP contribution in [0.3, 0.4) is 0 Å². The number of carbonyl (C=O) groups is 1. The molecule has 0 saturated carbocycles. The minimum Gasteiger partial charge on any atom is -0.480 e. The number of aliphatic imine (C=N–C) groups is 1. The molecule has 0 aliphatic carbocycles. The molecule has 0 spiro atoms. The Bertz CT molecular complexity index is 383. The van der Waals surface area contributed by atoms with E-state index in [-0.39, 0.29) is 5.96 Å². The smallest absolute Gasteiger partial charge is 0.325 e. The fraction of sp³-hybridized carbons (Fsp3) is 0.273. The molecule has 1 rings (SSSR count). The van der Waals surface area contributed by atoms with Crippen LogP contribution in [0.5, 0.6) is 0 Å². The Morgan fingerprint density at radius 2 is 1.71 bits per heavy atom. The van der Waals surface area contributed by atoms with Gasteiger partial charge in [0.2, 0.25) is 0 Å². The Labute approximate surface area is 100 Å². The van der Waals surface area contributed by atoms with Gasteiger partial charge in [0.05, 0.1) is 5.69 Å². The van der Waals surface area contributed by atoms with Crippen molar-refractivity contribution in [3.63, 3.8) is 0 Å². The van der Waals surface area contributed by atoms with Crippen molar-refractivity contribution in [2.24, 2.45) is 22.2 Å². The third kappa shape index (κ3) is 4.98. The highest BCUT2D eigenvalue weighted by molar-refractivity contribution is 5.79. The molecule has 0 amide bonds. The Hall–Kier alpha value is -2.08. The van der Waals surface area contributed by atoms with Gasteiger partial charge in [0.15, 0.2) is 5.96 Å². The fourth-order valence-electron chi connectivity index (χ4n) is 1.05. The molecule has 94 valence electrons. The lowest BCUT2D eigenvalue weighted by atomic mass is 10.1. The van der Waals surface area contributed by atoms with Crippen LogP contribution in [0.2, 0.25) is 0 Å². The lowest BCUT2D eigenvalue weighted by Gasteiger charge is -2.06. The van der Waals surface area contributed by atoms with E-state index in [1.54, 1.807) is 24.3 Å². The average Bonchev–Trinajstić information content (AvgIpc) is 2.31. The van der Waals surface area contributed by atoms with Gasteiger partial charge in [-0.2, -0.15) is 0 Å². The lowest BCUT2D eigenvalue weighted by molar-refractivity contribution is -0.138. The molecule has 0 bridgehead atoms. The van der Waals surface area contributed by atoms with Crippen LogP contribution in [0.4, 0.5) is 5.69 Å². The molecule has 1 aromatic rings. The number of nitrogens with zero attached hydrogens (tertiary/aromatic N) is 1. The molecule has 0 heterocycles. The maximum absolute atomic E-state index is 10.6. The van der Waals surface area contributed by atoms with Gasteiger partial charge in [0.1, 0.15) is 6.04 Å². The molecule has 6 nitrogen and oxygen atoms in total. The summed E-state index contributed by atoms with van der Waals surface area (Å²) in [5.74, 6) is -1.13. The number of aliphatic carboxylic acids is 1. The first-order chi connectivity index (χ1) is 8.00. The zero-order valence-corrected chi connectivity index (χ0v) is 9.92. The van der Waals surface area contributed by atoms with Crippen molar-refractivity contribution in [3.05, 3.63) is 29.8 Å². The van der Waals surface area contributed by atoms with E-state index in [4.69, 9.17) is 22.3 Å². The second kappa shape index (κ2) is 7.24. The summed E-state index contributed by atoms with van der Waals surface area (Å²) in [6.07, 6.45) is 0. The summed E-state index contributed by atoms with van der Waals surface area (Å²) < 4.78 is 0. The number of hydrogen-bond acceptors (Lipinski definition) is 3. The summed E-state index contributed by atoms with van der Waals surface area (Å²) in [7, 11) is 0. The van der Waals surface area contributed by atoms with E-state index in [9.17, 15) is 4.79 Å². The van der Waals surface area contributed by atoms with E-state index in [0.717, 1.165) is 0 Å². The standard InChI is InChI=1S/C9H12N4O2.C2H6/c10-7(8(14)15)5-1-3-6(4-2-5)13-9(11)12;1-2/h1-4,7H,10H2,(H,14,15)(H4,11,12,13);1-2H3. The number of carboxylic acid groups (broad SMARTS) is 1. The van der Waals surface area contributed by atoms with Gasteiger partial charge < -0.3 is 22.3 Å². The van der Waals surface area contributed by atoms with Crippen LogP contribution >= 0.6 is 0 Å². The number of hydrogen-bond donors (Lipinski definition) is 4. The van der Waals surface area contributed by atoms with E-state index in [1.807, 2.05) is 13.8 Å². The summed E-state index contributed by atoms with van der Waals surface area (Å²) in [5.41, 5.74) is 16.8. The normalized spacial score (nSPS) is 10.8. The zero-order chi connectivity index (χ0) is 13.4. The molecular weight excluding hydrogens is 220 g/mol. The van der Waals surface area contributed by atoms with E-state index >= 15 is 0 Å². The van der Waals surface area contributed by atoms with Crippen molar-refractivity contribution in [1.29, 1.82) is 0 Å². The van der Waals surface area contributed by atoms with Crippen molar-refractivity contribution in [2.45, 2.75) is 19.9 Å². The van der Waals surface area contributed by atoms with Crippen molar-refractivity contribution in [1.82, 2.24) is 0 Å². The second-order valence-corrected chi connectivity index (χ2v) is 2.94. The lowest BCUT2D eigenvalue weighted by Crippen LogP contribution is -2.22. The van der Waals surface area contributed by atoms with E-state index in [2.05, 4.69) is 4.99 Å². The van der Waals surface area contributed by atoms with Crippen LogP contribution in [0.1, 0.15) is 25.5 Å². The molecule has 1 aromatic carbocycles. The predicted octanol–water partition coefficient (Wildman–Crippen LogP) is 0.702. The number of nitrogens with two attached hydrogens (primary N) is 3. The number of carboxylic acids is 1. The largest absolute Gasteiger partial charge is 0.480 e. The highest BCUT2D eigenvalue weighted by Crippen LogP contribution is 2.16. The highest BCUT2D eigenvalue weighted by Gasteiger charge is 2.13. The van der Waals surface area contributed by atoms with E-state index in [0.29, 0.717) is 11.3 Å². The Balaban J connectivity index is 0.00000121. The second-order valence-electron chi connectivity index (χ2n) is 2.94. The van der Waals surface area contributed by atoms with Crippen LogP contribution in [0.15, 0.2) is 29.3 Å². The molecule has 17 heavy (non-hydrogen) atoms. The number of guanidine groups is 1. The first-order valence-corrected chi connectivity index (χ1v) is 5.18. The molecule has 7 N–H and O–H groups in total. The van der Waals surface area contributed by atoms with Crippen molar-refractivity contribution in [3.8, 4) is 0 Å². The molecule has 0 aliphatic rings. The zero-order valence-electron chi connectivity index (χ0n) is 9.92. The van der Waals surface area contributed by atoms with Crippen LogP contribution in [-0.4, -0.2) is 17.0 Å². The van der Waals surface area contributed by atoms with E-state index in [1.165, 1.54) is 0 Å². The topological polar surface area (TPSA) is 128 Å². The minimum atomic E-state index is -1.08. The molecule has 0 radical (unpaired) electrons. The summed E-state index contributed by atoms with van der Waals surface area (Å²) in [5, 5.41) is 8.66. The molecule has 1 atom stereocenters. The predicted molar refractivity (Wildman–Crippen MR) is 67.8 cm³/mol. The maximum atomic E-state index is 10.6. The Morgan fingerprint density at radius 1 is 1.24 bits per heavy atom. The van der Waals surface area contributed by atoms with Gasteiger partial charge in [-0.25, -0.2) is 4.99 Å². The van der Waals surface area contributed by atoms with Gasteiger partial charge in [0.25, 0.3) is 0 Å². The van der Waals surface area contributed by atoms with Gasteiger partial charge >= 0.3 is 5.97 Å². The minimum absolute atomic E-state index is 0.0507. The molecule has 0 aromatic heterocycles. The molecule has 0 fully saturated rings. The monoisotopic (exact) mass is 238 g/mol. The Kier molecular flexibility index (Phi) is 6.35. The van der Waals surface area contributed by atoms with Crippen LogP contribution in [0.25, 0.3) is 0 Å². The van der Waals surface area contributed by atoms with Gasteiger partial charge in [-0.1, -0.05) is 26.0 Å². The van der Waals surface area contributed by atoms with Gasteiger partial charge in [-0.05, 0) is 17.7 Å². The average molecular weight is 238 g/mol. The summed E-state index contributed by atoms with van der Waals surface area (Å²) in [6.45, 7) is 4.00. The van der Waals surface area contributed by atoms with Gasteiger partial charge in [-0.3, -0.25) is 4.79 Å². The first-order valence-electron chi connectivity index (χ1n) is 5.18. The SMILES string of the molecule is CC.NC(N)=Nc1ccc(C(N)C(=O)O)cc1. The van der Waals surface area contributed by atoms with Crippen LogP contribution < -0.4 is 17.2 Å². The van der Waals surface area contributed by atoms with Crippen LogP contribution in [0, 0.1) is 0 Å². The first kappa shape index (κ1) is 14.9. The molecular formula is C11H18N4O2. The summed E-state index contributed by atoms with van der Waals surface area (Å²) in [4.78, 5) is 14.4. The molecule has 0 saturated heterocycles. The van der Waals surface area contributed by atoms with Crippen molar-refractivity contribution < 1.29 is 9.90 Å². The fourth-order valence-corrected chi connectivity index (χ4v) is 1.05.